The van der Waals surface area contributed by atoms with Crippen LogP contribution in [0.2, 0.25) is 0 Å². The van der Waals surface area contributed by atoms with E-state index in [1.165, 1.54) is 7.11 Å². The van der Waals surface area contributed by atoms with Gasteiger partial charge in [0, 0.05) is 13.7 Å². The zero-order valence-corrected chi connectivity index (χ0v) is 7.49. The second-order valence-electron chi connectivity index (χ2n) is 2.40. The van der Waals surface area contributed by atoms with Crippen LogP contribution in [0.15, 0.2) is 0 Å². The van der Waals surface area contributed by atoms with Crippen LogP contribution >= 0.6 is 0 Å². The molecule has 0 atom stereocenters. The number of ether oxygens (including phenoxy) is 2. The third-order valence-corrected chi connectivity index (χ3v) is 1.18. The molecule has 0 spiro atoms. The van der Waals surface area contributed by atoms with Gasteiger partial charge in [0.1, 0.15) is 0 Å². The average Bonchev–Trinajstić information content (AvgIpc) is 2.01. The fourth-order valence-electron chi connectivity index (χ4n) is 0.619. The number of rotatable bonds is 7. The van der Waals surface area contributed by atoms with Crippen LogP contribution in [0.5, 0.6) is 0 Å². The predicted octanol–water partition coefficient (Wildman–Crippen LogP) is 0.801. The van der Waals surface area contributed by atoms with Gasteiger partial charge >= 0.3 is 6.18 Å². The van der Waals surface area contributed by atoms with E-state index in [1.54, 1.807) is 0 Å². The molecule has 13 heavy (non-hydrogen) atoms. The minimum absolute atomic E-state index is 0.198. The van der Waals surface area contributed by atoms with Gasteiger partial charge in [0.2, 0.25) is 0 Å². The molecule has 0 aliphatic heterocycles. The first kappa shape index (κ1) is 12.7. The number of alkyl halides is 3. The lowest BCUT2D eigenvalue weighted by Crippen LogP contribution is -2.31. The first-order chi connectivity index (χ1) is 6.06. The summed E-state index contributed by atoms with van der Waals surface area (Å²) in [6, 6.07) is 0. The van der Waals surface area contributed by atoms with Crippen molar-refractivity contribution in [3.8, 4) is 0 Å². The standard InChI is InChI=1S/C7H14F3NO2/c1-12-4-5-13-3-2-11-6-7(8,9)10/h11H,2-6H2,1H3. The van der Waals surface area contributed by atoms with Crippen LogP contribution in [-0.4, -0.2) is 46.2 Å². The largest absolute Gasteiger partial charge is 0.401 e. The molecular weight excluding hydrogens is 187 g/mol. The van der Waals surface area contributed by atoms with Crippen LogP contribution in [0, 0.1) is 0 Å². The molecule has 0 heterocycles. The van der Waals surface area contributed by atoms with Crippen molar-refractivity contribution in [3.05, 3.63) is 0 Å². The fraction of sp³-hybridized carbons (Fsp3) is 1.00. The van der Waals surface area contributed by atoms with Crippen LogP contribution in [0.1, 0.15) is 0 Å². The molecule has 0 aromatic rings. The van der Waals surface area contributed by atoms with E-state index in [1.807, 2.05) is 0 Å². The molecule has 0 bridgehead atoms. The lowest BCUT2D eigenvalue weighted by atomic mass is 10.6. The maximum Gasteiger partial charge on any atom is 0.401 e. The third kappa shape index (κ3) is 11.7. The number of hydrogen-bond donors (Lipinski definition) is 1. The first-order valence-electron chi connectivity index (χ1n) is 3.90. The van der Waals surface area contributed by atoms with E-state index in [-0.39, 0.29) is 13.2 Å². The zero-order chi connectivity index (χ0) is 10.2. The topological polar surface area (TPSA) is 30.5 Å². The van der Waals surface area contributed by atoms with Gasteiger partial charge in [0.25, 0.3) is 0 Å². The number of hydrogen-bond acceptors (Lipinski definition) is 3. The summed E-state index contributed by atoms with van der Waals surface area (Å²) in [5.74, 6) is 0. The summed E-state index contributed by atoms with van der Waals surface area (Å²) in [5.41, 5.74) is 0. The Labute approximate surface area is 75.2 Å². The number of methoxy groups -OCH3 is 1. The van der Waals surface area contributed by atoms with Gasteiger partial charge in [-0.3, -0.25) is 0 Å². The minimum atomic E-state index is -4.15. The van der Waals surface area contributed by atoms with Crippen molar-refractivity contribution < 1.29 is 22.6 Å². The minimum Gasteiger partial charge on any atom is -0.382 e. The van der Waals surface area contributed by atoms with E-state index in [2.05, 4.69) is 10.1 Å². The molecule has 6 heteroatoms. The van der Waals surface area contributed by atoms with Crippen LogP contribution in [0.3, 0.4) is 0 Å². The zero-order valence-electron chi connectivity index (χ0n) is 7.49. The molecule has 0 fully saturated rings. The van der Waals surface area contributed by atoms with Gasteiger partial charge in [-0.1, -0.05) is 0 Å². The Bertz CT molecular complexity index is 119. The Balaban J connectivity index is 3.00. The summed E-state index contributed by atoms with van der Waals surface area (Å²) in [4.78, 5) is 0. The van der Waals surface area contributed by atoms with Gasteiger partial charge in [0.05, 0.1) is 26.4 Å². The van der Waals surface area contributed by atoms with Crippen molar-refractivity contribution >= 4 is 0 Å². The van der Waals surface area contributed by atoms with Crippen molar-refractivity contribution in [2.24, 2.45) is 0 Å². The average molecular weight is 201 g/mol. The van der Waals surface area contributed by atoms with Crippen molar-refractivity contribution in [2.45, 2.75) is 6.18 Å². The molecule has 0 amide bonds. The summed E-state index contributed by atoms with van der Waals surface area (Å²) in [6.07, 6.45) is -4.15. The molecule has 3 nitrogen and oxygen atoms in total. The summed E-state index contributed by atoms with van der Waals surface area (Å²) < 4.78 is 44.3. The molecule has 0 aromatic carbocycles. The number of halogens is 3. The Morgan fingerprint density at radius 3 is 2.38 bits per heavy atom. The maximum atomic E-state index is 11.6. The van der Waals surface area contributed by atoms with E-state index in [4.69, 9.17) is 4.74 Å². The van der Waals surface area contributed by atoms with Crippen molar-refractivity contribution in [1.29, 1.82) is 0 Å². The Morgan fingerprint density at radius 2 is 1.85 bits per heavy atom. The maximum absolute atomic E-state index is 11.6. The second-order valence-corrected chi connectivity index (χ2v) is 2.40. The van der Waals surface area contributed by atoms with Crippen LogP contribution in [0.4, 0.5) is 13.2 Å². The highest BCUT2D eigenvalue weighted by Gasteiger charge is 2.25. The van der Waals surface area contributed by atoms with E-state index in [0.29, 0.717) is 13.2 Å². The summed E-state index contributed by atoms with van der Waals surface area (Å²) in [6.45, 7) is 0.354. The van der Waals surface area contributed by atoms with Crippen LogP contribution in [-0.2, 0) is 9.47 Å². The monoisotopic (exact) mass is 201 g/mol. The van der Waals surface area contributed by atoms with Gasteiger partial charge in [-0.05, 0) is 0 Å². The normalized spacial score (nSPS) is 12.0. The Morgan fingerprint density at radius 1 is 1.15 bits per heavy atom. The highest BCUT2D eigenvalue weighted by atomic mass is 19.4. The second kappa shape index (κ2) is 7.11. The van der Waals surface area contributed by atoms with Crippen LogP contribution in [0.25, 0.3) is 0 Å². The van der Waals surface area contributed by atoms with Gasteiger partial charge < -0.3 is 14.8 Å². The number of nitrogens with one attached hydrogen (secondary N) is 1. The quantitative estimate of drug-likeness (QED) is 0.618. The molecule has 80 valence electrons. The van der Waals surface area contributed by atoms with E-state index in [0.717, 1.165) is 0 Å². The molecule has 0 unspecified atom stereocenters. The molecular formula is C7H14F3NO2. The Hall–Kier alpha value is -0.330. The van der Waals surface area contributed by atoms with Gasteiger partial charge in [-0.25, -0.2) is 0 Å². The van der Waals surface area contributed by atoms with Gasteiger partial charge in [-0.15, -0.1) is 0 Å². The third-order valence-electron chi connectivity index (χ3n) is 1.18. The van der Waals surface area contributed by atoms with Crippen molar-refractivity contribution in [2.75, 3.05) is 40.0 Å². The molecule has 0 aromatic heterocycles. The summed E-state index contributed by atoms with van der Waals surface area (Å²) >= 11 is 0. The first-order valence-corrected chi connectivity index (χ1v) is 3.90. The van der Waals surface area contributed by atoms with Crippen LogP contribution < -0.4 is 5.32 Å². The Kier molecular flexibility index (Phi) is 6.93. The molecule has 1 N–H and O–H groups in total. The molecule has 0 saturated carbocycles. The van der Waals surface area contributed by atoms with Crippen molar-refractivity contribution in [3.63, 3.8) is 0 Å². The highest BCUT2D eigenvalue weighted by Crippen LogP contribution is 2.11. The van der Waals surface area contributed by atoms with Crippen molar-refractivity contribution in [1.82, 2.24) is 5.32 Å². The SMILES string of the molecule is COCCOCCNCC(F)(F)F. The lowest BCUT2D eigenvalue weighted by molar-refractivity contribution is -0.125. The predicted molar refractivity (Wildman–Crippen MR) is 41.6 cm³/mol. The fourth-order valence-corrected chi connectivity index (χ4v) is 0.619. The molecule has 0 rings (SSSR count). The van der Waals surface area contributed by atoms with E-state index >= 15 is 0 Å². The lowest BCUT2D eigenvalue weighted by Gasteiger charge is -2.08. The summed E-state index contributed by atoms with van der Waals surface area (Å²) in [7, 11) is 1.53. The van der Waals surface area contributed by atoms with E-state index < -0.39 is 12.7 Å². The van der Waals surface area contributed by atoms with Gasteiger partial charge in [0.15, 0.2) is 0 Å². The van der Waals surface area contributed by atoms with E-state index in [9.17, 15) is 13.2 Å². The smallest absolute Gasteiger partial charge is 0.382 e. The molecule has 0 aliphatic rings. The molecule has 0 saturated heterocycles. The van der Waals surface area contributed by atoms with Gasteiger partial charge in [-0.2, -0.15) is 13.2 Å². The summed E-state index contributed by atoms with van der Waals surface area (Å²) in [5, 5.41) is 2.21. The highest BCUT2D eigenvalue weighted by molar-refractivity contribution is 4.54. The molecule has 0 aliphatic carbocycles. The molecule has 0 radical (unpaired) electrons.